The van der Waals surface area contributed by atoms with Gasteiger partial charge in [0.25, 0.3) is 0 Å². The summed E-state index contributed by atoms with van der Waals surface area (Å²) < 4.78 is 14.2. The molecule has 2 aromatic rings. The van der Waals surface area contributed by atoms with Crippen molar-refractivity contribution in [2.24, 2.45) is 0 Å². The number of hydrogen-bond donors (Lipinski definition) is 1. The summed E-state index contributed by atoms with van der Waals surface area (Å²) in [7, 11) is 0. The zero-order valence-electron chi connectivity index (χ0n) is 12.2. The lowest BCUT2D eigenvalue weighted by Crippen LogP contribution is -2.17. The van der Waals surface area contributed by atoms with Gasteiger partial charge in [0.15, 0.2) is 0 Å². The van der Waals surface area contributed by atoms with Gasteiger partial charge < -0.3 is 5.32 Å². The van der Waals surface area contributed by atoms with Crippen molar-refractivity contribution >= 4 is 23.4 Å². The Hall–Kier alpha value is -1.03. The van der Waals surface area contributed by atoms with Gasteiger partial charge in [-0.15, -0.1) is 11.8 Å². The summed E-state index contributed by atoms with van der Waals surface area (Å²) in [5.74, 6) is 0.493. The topological polar surface area (TPSA) is 12.0 Å². The van der Waals surface area contributed by atoms with Gasteiger partial charge in [0, 0.05) is 21.7 Å². The fourth-order valence-corrected chi connectivity index (χ4v) is 3.30. The molecule has 2 aromatic carbocycles. The second kappa shape index (κ2) is 7.83. The smallest absolute Gasteiger partial charge is 0.137 e. The molecule has 0 radical (unpaired) electrons. The van der Waals surface area contributed by atoms with Crippen molar-refractivity contribution < 1.29 is 4.39 Å². The number of rotatable bonds is 6. The maximum absolute atomic E-state index is 14.2. The average Bonchev–Trinajstić information content (AvgIpc) is 2.47. The van der Waals surface area contributed by atoms with E-state index in [-0.39, 0.29) is 11.9 Å². The van der Waals surface area contributed by atoms with E-state index in [1.165, 1.54) is 11.8 Å². The molecule has 0 bridgehead atoms. The molecule has 1 unspecified atom stereocenters. The van der Waals surface area contributed by atoms with Gasteiger partial charge in [-0.2, -0.15) is 0 Å². The van der Waals surface area contributed by atoms with E-state index in [1.54, 1.807) is 6.07 Å². The van der Waals surface area contributed by atoms with Crippen LogP contribution in [0.2, 0.25) is 5.02 Å². The predicted octanol–water partition coefficient (Wildman–Crippen LogP) is 5.44. The largest absolute Gasteiger partial charge is 0.310 e. The SMILES string of the molecule is CCNC(C)c1ccc(SCc2ccccc2Cl)c(F)c1. The highest BCUT2D eigenvalue weighted by Crippen LogP contribution is 2.29. The van der Waals surface area contributed by atoms with Crippen LogP contribution in [0.25, 0.3) is 0 Å². The predicted molar refractivity (Wildman–Crippen MR) is 89.5 cm³/mol. The maximum Gasteiger partial charge on any atom is 0.137 e. The van der Waals surface area contributed by atoms with Gasteiger partial charge in [-0.25, -0.2) is 4.39 Å². The Morgan fingerprint density at radius 2 is 2.00 bits per heavy atom. The van der Waals surface area contributed by atoms with E-state index in [2.05, 4.69) is 5.32 Å². The summed E-state index contributed by atoms with van der Waals surface area (Å²) in [5, 5.41) is 4.01. The maximum atomic E-state index is 14.2. The Balaban J connectivity index is 2.06. The third-order valence-electron chi connectivity index (χ3n) is 3.31. The molecule has 0 aliphatic rings. The van der Waals surface area contributed by atoms with Crippen molar-refractivity contribution in [3.05, 3.63) is 64.4 Å². The van der Waals surface area contributed by atoms with E-state index >= 15 is 0 Å². The summed E-state index contributed by atoms with van der Waals surface area (Å²) >= 11 is 7.58. The lowest BCUT2D eigenvalue weighted by atomic mass is 10.1. The first-order chi connectivity index (χ1) is 10.1. The molecule has 0 fully saturated rings. The molecule has 0 aliphatic heterocycles. The Kier molecular flexibility index (Phi) is 6.09. The summed E-state index contributed by atoms with van der Waals surface area (Å²) in [6, 6.07) is 13.3. The van der Waals surface area contributed by atoms with Gasteiger partial charge in [-0.1, -0.05) is 42.8 Å². The standard InChI is InChI=1S/C17H19ClFNS/c1-3-20-12(2)13-8-9-17(16(19)10-13)21-11-14-6-4-5-7-15(14)18/h4-10,12,20H,3,11H2,1-2H3. The zero-order valence-corrected chi connectivity index (χ0v) is 13.8. The molecule has 0 heterocycles. The summed E-state index contributed by atoms with van der Waals surface area (Å²) in [4.78, 5) is 0.655. The Morgan fingerprint density at radius 1 is 1.24 bits per heavy atom. The highest BCUT2D eigenvalue weighted by Gasteiger charge is 2.09. The Morgan fingerprint density at radius 3 is 2.67 bits per heavy atom. The van der Waals surface area contributed by atoms with Crippen molar-refractivity contribution in [3.8, 4) is 0 Å². The fourth-order valence-electron chi connectivity index (χ4n) is 2.10. The van der Waals surface area contributed by atoms with Crippen LogP contribution in [-0.2, 0) is 5.75 Å². The number of hydrogen-bond acceptors (Lipinski definition) is 2. The van der Waals surface area contributed by atoms with Crippen molar-refractivity contribution in [3.63, 3.8) is 0 Å². The normalized spacial score (nSPS) is 12.4. The van der Waals surface area contributed by atoms with Gasteiger partial charge in [0.05, 0.1) is 0 Å². The summed E-state index contributed by atoms with van der Waals surface area (Å²) in [5.41, 5.74) is 1.99. The van der Waals surface area contributed by atoms with Gasteiger partial charge in [0.2, 0.25) is 0 Å². The number of benzene rings is 2. The molecule has 0 aromatic heterocycles. The minimum absolute atomic E-state index is 0.159. The Bertz CT molecular complexity index is 603. The van der Waals surface area contributed by atoms with E-state index in [4.69, 9.17) is 11.6 Å². The lowest BCUT2D eigenvalue weighted by molar-refractivity contribution is 0.572. The molecule has 2 rings (SSSR count). The van der Waals surface area contributed by atoms with Crippen LogP contribution < -0.4 is 5.32 Å². The van der Waals surface area contributed by atoms with Crippen LogP contribution in [0.5, 0.6) is 0 Å². The van der Waals surface area contributed by atoms with Crippen LogP contribution in [0, 0.1) is 5.82 Å². The second-order valence-electron chi connectivity index (χ2n) is 4.85. The van der Waals surface area contributed by atoms with Crippen molar-refractivity contribution in [1.29, 1.82) is 0 Å². The summed E-state index contributed by atoms with van der Waals surface area (Å²) in [6.07, 6.45) is 0. The average molecular weight is 324 g/mol. The molecule has 1 N–H and O–H groups in total. The highest BCUT2D eigenvalue weighted by atomic mass is 35.5. The van der Waals surface area contributed by atoms with Crippen LogP contribution in [0.15, 0.2) is 47.4 Å². The molecule has 0 amide bonds. The van der Waals surface area contributed by atoms with Crippen molar-refractivity contribution in [1.82, 2.24) is 5.32 Å². The first kappa shape index (κ1) is 16.3. The zero-order chi connectivity index (χ0) is 15.2. The molecule has 0 saturated carbocycles. The van der Waals surface area contributed by atoms with E-state index < -0.39 is 0 Å². The molecule has 4 heteroatoms. The molecule has 0 aliphatic carbocycles. The van der Waals surface area contributed by atoms with Crippen LogP contribution in [0.3, 0.4) is 0 Å². The molecule has 21 heavy (non-hydrogen) atoms. The van der Waals surface area contributed by atoms with Gasteiger partial charge >= 0.3 is 0 Å². The number of nitrogens with one attached hydrogen (secondary N) is 1. The second-order valence-corrected chi connectivity index (χ2v) is 6.27. The monoisotopic (exact) mass is 323 g/mol. The van der Waals surface area contributed by atoms with E-state index in [1.807, 2.05) is 50.2 Å². The molecule has 1 nitrogen and oxygen atoms in total. The van der Waals surface area contributed by atoms with Crippen LogP contribution in [-0.4, -0.2) is 6.54 Å². The molecule has 112 valence electrons. The number of thioether (sulfide) groups is 1. The molecule has 0 spiro atoms. The van der Waals surface area contributed by atoms with Gasteiger partial charge in [-0.05, 0) is 42.8 Å². The first-order valence-corrected chi connectivity index (χ1v) is 8.37. The van der Waals surface area contributed by atoms with Gasteiger partial charge in [-0.3, -0.25) is 0 Å². The third-order valence-corrected chi connectivity index (χ3v) is 4.77. The minimum atomic E-state index is -0.172. The first-order valence-electron chi connectivity index (χ1n) is 7.01. The van der Waals surface area contributed by atoms with Crippen LogP contribution in [0.1, 0.15) is 31.0 Å². The highest BCUT2D eigenvalue weighted by molar-refractivity contribution is 7.98. The van der Waals surface area contributed by atoms with Gasteiger partial charge in [0.1, 0.15) is 5.82 Å². The molecular formula is C17H19ClFNS. The van der Waals surface area contributed by atoms with Crippen molar-refractivity contribution in [2.45, 2.75) is 30.5 Å². The fraction of sp³-hybridized carbons (Fsp3) is 0.294. The summed E-state index contributed by atoms with van der Waals surface area (Å²) in [6.45, 7) is 4.95. The molecule has 0 saturated heterocycles. The minimum Gasteiger partial charge on any atom is -0.310 e. The molecule has 1 atom stereocenters. The van der Waals surface area contributed by atoms with Crippen molar-refractivity contribution in [2.75, 3.05) is 6.54 Å². The van der Waals surface area contributed by atoms with E-state index in [0.717, 1.165) is 22.7 Å². The van der Waals surface area contributed by atoms with E-state index in [9.17, 15) is 4.39 Å². The third kappa shape index (κ3) is 4.47. The van der Waals surface area contributed by atoms with E-state index in [0.29, 0.717) is 10.6 Å². The van der Waals surface area contributed by atoms with Crippen LogP contribution >= 0.6 is 23.4 Å². The number of halogens is 2. The Labute approximate surface area is 134 Å². The van der Waals surface area contributed by atoms with Crippen LogP contribution in [0.4, 0.5) is 4.39 Å². The lowest BCUT2D eigenvalue weighted by Gasteiger charge is -2.14. The quantitative estimate of drug-likeness (QED) is 0.710. The molecular weight excluding hydrogens is 305 g/mol.